The standard InChI is InChI=1S/C33H31F2N9O/c1-32(2,3)18-40-28-20(15-37)16-39-27-19(14-36)12-21(13-25(27)28)41-29(26-17-44(43-42-26)33(9-10-33)31(34)35)23-6-5-7-24-22(23)8-11-38-30(24)45-4/h5-8,11-13,16-17,29,31,41H,9-10,18H2,1-4H3,(H,39,40)/t29-/m0/s1. The molecule has 6 rings (SSSR count). The van der Waals surface area contributed by atoms with Crippen molar-refractivity contribution in [2.75, 3.05) is 24.3 Å². The number of pyridine rings is 2. The molecule has 0 aliphatic heterocycles. The van der Waals surface area contributed by atoms with E-state index in [0.717, 1.165) is 16.3 Å². The van der Waals surface area contributed by atoms with Crippen LogP contribution in [0.2, 0.25) is 0 Å². The fraction of sp³-hybridized carbons (Fsp3) is 0.333. The number of benzene rings is 2. The Morgan fingerprint density at radius 3 is 2.49 bits per heavy atom. The third kappa shape index (κ3) is 5.44. The molecule has 1 saturated carbocycles. The number of nitrogens with zero attached hydrogens (tertiary/aromatic N) is 7. The van der Waals surface area contributed by atoms with Gasteiger partial charge in [0.25, 0.3) is 6.43 Å². The van der Waals surface area contributed by atoms with E-state index in [0.29, 0.717) is 64.4 Å². The van der Waals surface area contributed by atoms with E-state index in [1.807, 2.05) is 30.3 Å². The molecule has 10 nitrogen and oxygen atoms in total. The van der Waals surface area contributed by atoms with Gasteiger partial charge >= 0.3 is 0 Å². The highest BCUT2D eigenvalue weighted by Crippen LogP contribution is 2.48. The average molecular weight is 608 g/mol. The largest absolute Gasteiger partial charge is 0.481 e. The van der Waals surface area contributed by atoms with Gasteiger partial charge < -0.3 is 15.4 Å². The Morgan fingerprint density at radius 1 is 1.04 bits per heavy atom. The van der Waals surface area contributed by atoms with Crippen molar-refractivity contribution in [2.24, 2.45) is 5.41 Å². The summed E-state index contributed by atoms with van der Waals surface area (Å²) in [6.45, 7) is 6.81. The summed E-state index contributed by atoms with van der Waals surface area (Å²) >= 11 is 0. The van der Waals surface area contributed by atoms with Crippen LogP contribution in [-0.4, -0.2) is 45.0 Å². The Balaban J connectivity index is 1.53. The number of fused-ring (bicyclic) bond motifs is 2. The third-order valence-corrected chi connectivity index (χ3v) is 8.06. The summed E-state index contributed by atoms with van der Waals surface area (Å²) in [7, 11) is 1.54. The molecule has 5 aromatic rings. The smallest absolute Gasteiger partial charge is 0.263 e. The van der Waals surface area contributed by atoms with Gasteiger partial charge in [-0.05, 0) is 53.5 Å². The summed E-state index contributed by atoms with van der Waals surface area (Å²) in [6, 6.07) is 14.8. The SMILES string of the molecule is COc1nccc2c([C@H](Nc3cc(C#N)c4ncc(C#N)c(NCC(C)(C)C)c4c3)c3cn(C4(C(F)F)CC4)nn3)cccc12. The van der Waals surface area contributed by atoms with E-state index in [9.17, 15) is 19.3 Å². The van der Waals surface area contributed by atoms with Crippen molar-refractivity contribution in [3.05, 3.63) is 77.4 Å². The molecule has 2 aromatic carbocycles. The number of nitriles is 2. The maximum Gasteiger partial charge on any atom is 0.263 e. The molecule has 0 unspecified atom stereocenters. The zero-order valence-corrected chi connectivity index (χ0v) is 25.3. The van der Waals surface area contributed by atoms with Crippen LogP contribution in [0.15, 0.2) is 55.0 Å². The molecular weight excluding hydrogens is 576 g/mol. The van der Waals surface area contributed by atoms with Crippen LogP contribution in [0.25, 0.3) is 21.7 Å². The van der Waals surface area contributed by atoms with Crippen LogP contribution in [0.3, 0.4) is 0 Å². The van der Waals surface area contributed by atoms with E-state index < -0.39 is 18.0 Å². The Bertz CT molecular complexity index is 2000. The zero-order chi connectivity index (χ0) is 31.9. The van der Waals surface area contributed by atoms with E-state index in [2.05, 4.69) is 63.8 Å². The number of alkyl halides is 2. The number of nitrogens with one attached hydrogen (secondary N) is 2. The summed E-state index contributed by atoms with van der Waals surface area (Å²) in [6.07, 6.45) is 2.73. The first-order chi connectivity index (χ1) is 21.6. The number of methoxy groups -OCH3 is 1. The number of aromatic nitrogens is 5. The fourth-order valence-electron chi connectivity index (χ4n) is 5.50. The molecule has 3 heterocycles. The van der Waals surface area contributed by atoms with Gasteiger partial charge in [-0.3, -0.25) is 4.98 Å². The summed E-state index contributed by atoms with van der Waals surface area (Å²) in [4.78, 5) is 8.78. The Kier molecular flexibility index (Phi) is 7.45. The number of anilines is 2. The first kappa shape index (κ1) is 29.7. The van der Waals surface area contributed by atoms with Crippen LogP contribution in [-0.2, 0) is 5.54 Å². The highest BCUT2D eigenvalue weighted by molar-refractivity contribution is 5.99. The fourth-order valence-corrected chi connectivity index (χ4v) is 5.50. The Hall–Kier alpha value is -5.36. The van der Waals surface area contributed by atoms with Crippen molar-refractivity contribution in [3.8, 4) is 18.0 Å². The van der Waals surface area contributed by atoms with Crippen LogP contribution in [0.1, 0.15) is 62.0 Å². The van der Waals surface area contributed by atoms with E-state index in [1.54, 1.807) is 25.6 Å². The minimum atomic E-state index is -2.58. The molecule has 45 heavy (non-hydrogen) atoms. The zero-order valence-electron chi connectivity index (χ0n) is 25.3. The molecule has 0 saturated heterocycles. The lowest BCUT2D eigenvalue weighted by molar-refractivity contribution is 0.0593. The van der Waals surface area contributed by atoms with Gasteiger partial charge in [-0.2, -0.15) is 10.5 Å². The molecule has 1 fully saturated rings. The lowest BCUT2D eigenvalue weighted by Crippen LogP contribution is -2.26. The topological polar surface area (TPSA) is 137 Å². The molecule has 0 amide bonds. The van der Waals surface area contributed by atoms with E-state index in [4.69, 9.17) is 4.74 Å². The monoisotopic (exact) mass is 607 g/mol. The van der Waals surface area contributed by atoms with Crippen LogP contribution >= 0.6 is 0 Å². The lowest BCUT2D eigenvalue weighted by Gasteiger charge is -2.23. The lowest BCUT2D eigenvalue weighted by atomic mass is 9.96. The molecular formula is C33H31F2N9O. The minimum Gasteiger partial charge on any atom is -0.481 e. The molecule has 0 spiro atoms. The van der Waals surface area contributed by atoms with Crippen LogP contribution in [0.5, 0.6) is 5.88 Å². The number of halogens is 2. The van der Waals surface area contributed by atoms with Gasteiger partial charge in [-0.1, -0.05) is 38.1 Å². The highest BCUT2D eigenvalue weighted by atomic mass is 19.3. The van der Waals surface area contributed by atoms with Gasteiger partial charge in [-0.15, -0.1) is 5.10 Å². The third-order valence-electron chi connectivity index (χ3n) is 8.06. The summed E-state index contributed by atoms with van der Waals surface area (Å²) < 4.78 is 34.8. The second-order valence-electron chi connectivity index (χ2n) is 12.4. The highest BCUT2D eigenvalue weighted by Gasteiger charge is 2.54. The molecule has 1 aliphatic carbocycles. The number of rotatable bonds is 9. The van der Waals surface area contributed by atoms with Crippen molar-refractivity contribution in [1.82, 2.24) is 25.0 Å². The van der Waals surface area contributed by atoms with Crippen molar-refractivity contribution in [3.63, 3.8) is 0 Å². The van der Waals surface area contributed by atoms with E-state index >= 15 is 0 Å². The summed E-state index contributed by atoms with van der Waals surface area (Å²) in [5, 5.41) is 37.6. The van der Waals surface area contributed by atoms with Crippen LogP contribution in [0, 0.1) is 28.1 Å². The van der Waals surface area contributed by atoms with Gasteiger partial charge in [0.05, 0.1) is 41.7 Å². The maximum atomic E-state index is 14.0. The second-order valence-corrected chi connectivity index (χ2v) is 12.4. The molecule has 12 heteroatoms. The number of ether oxygens (including phenoxy) is 1. The van der Waals surface area contributed by atoms with Gasteiger partial charge in [0.2, 0.25) is 5.88 Å². The molecule has 2 N–H and O–H groups in total. The van der Waals surface area contributed by atoms with Gasteiger partial charge in [0.1, 0.15) is 23.4 Å². The average Bonchev–Trinajstić information content (AvgIpc) is 3.71. The number of hydrogen-bond donors (Lipinski definition) is 2. The van der Waals surface area contributed by atoms with Crippen molar-refractivity contribution >= 4 is 33.1 Å². The first-order valence-electron chi connectivity index (χ1n) is 14.5. The molecule has 0 radical (unpaired) electrons. The maximum absolute atomic E-state index is 14.0. The van der Waals surface area contributed by atoms with E-state index in [-0.39, 0.29) is 5.41 Å². The molecule has 1 aliphatic rings. The van der Waals surface area contributed by atoms with Crippen LogP contribution < -0.4 is 15.4 Å². The van der Waals surface area contributed by atoms with Crippen molar-refractivity contribution in [1.29, 1.82) is 10.5 Å². The molecule has 3 aromatic heterocycles. The Labute approximate surface area is 258 Å². The van der Waals surface area contributed by atoms with E-state index in [1.165, 1.54) is 10.9 Å². The van der Waals surface area contributed by atoms with Crippen LogP contribution in [0.4, 0.5) is 20.2 Å². The predicted octanol–water partition coefficient (Wildman–Crippen LogP) is 6.54. The molecule has 0 bridgehead atoms. The Morgan fingerprint density at radius 2 is 1.82 bits per heavy atom. The number of hydrogen-bond acceptors (Lipinski definition) is 9. The second kappa shape index (κ2) is 11.3. The van der Waals surface area contributed by atoms with Gasteiger partial charge in [-0.25, -0.2) is 18.4 Å². The van der Waals surface area contributed by atoms with Gasteiger partial charge in [0, 0.05) is 35.4 Å². The normalized spacial score (nSPS) is 14.6. The minimum absolute atomic E-state index is 0.0887. The summed E-state index contributed by atoms with van der Waals surface area (Å²) in [5.74, 6) is 0.438. The first-order valence-corrected chi connectivity index (χ1v) is 14.5. The molecule has 1 atom stereocenters. The quantitative estimate of drug-likeness (QED) is 0.191. The van der Waals surface area contributed by atoms with Crippen molar-refractivity contribution < 1.29 is 13.5 Å². The summed E-state index contributed by atoms with van der Waals surface area (Å²) in [5.41, 5.74) is 1.97. The van der Waals surface area contributed by atoms with Gasteiger partial charge in [0.15, 0.2) is 0 Å². The van der Waals surface area contributed by atoms with Crippen molar-refractivity contribution in [2.45, 2.75) is 51.6 Å². The predicted molar refractivity (Wildman–Crippen MR) is 166 cm³/mol. The molecule has 228 valence electrons.